The van der Waals surface area contributed by atoms with E-state index in [0.29, 0.717) is 0 Å². The van der Waals surface area contributed by atoms with Gasteiger partial charge in [0.15, 0.2) is 0 Å². The first-order valence-electron chi connectivity index (χ1n) is 5.43. The molecule has 0 amide bonds. The molecule has 0 aliphatic carbocycles. The summed E-state index contributed by atoms with van der Waals surface area (Å²) in [7, 11) is 1.47. The molecule has 1 fully saturated rings. The van der Waals surface area contributed by atoms with E-state index in [0.717, 1.165) is 0 Å². The Morgan fingerprint density at radius 1 is 1.41 bits per heavy atom. The summed E-state index contributed by atoms with van der Waals surface area (Å²) in [4.78, 5) is 10.4. The number of carboxylic acid groups (broad SMARTS) is 1. The molecule has 5 atom stereocenters. The number of methoxy groups -OCH3 is 1. The van der Waals surface area contributed by atoms with Gasteiger partial charge in [0.05, 0.1) is 25.3 Å². The van der Waals surface area contributed by atoms with Gasteiger partial charge in [0.25, 0.3) is 0 Å². The van der Waals surface area contributed by atoms with Crippen LogP contribution >= 0.6 is 0 Å². The van der Waals surface area contributed by atoms with Crippen molar-refractivity contribution in [1.82, 2.24) is 5.32 Å². The minimum atomic E-state index is -1.10. The number of aliphatic carboxylic acids is 1. The largest absolute Gasteiger partial charge is 0.480 e. The van der Waals surface area contributed by atoms with E-state index < -0.39 is 36.4 Å². The van der Waals surface area contributed by atoms with Crippen LogP contribution in [0.4, 0.5) is 0 Å². The highest BCUT2D eigenvalue weighted by molar-refractivity contribution is 5.69. The summed E-state index contributed by atoms with van der Waals surface area (Å²) in [5.41, 5.74) is 0. The zero-order chi connectivity index (χ0) is 13.0. The lowest BCUT2D eigenvalue weighted by atomic mass is 9.93. The Kier molecular flexibility index (Phi) is 5.29. The summed E-state index contributed by atoms with van der Waals surface area (Å²) in [6, 6.07) is -0.616. The van der Waals surface area contributed by atoms with Crippen molar-refractivity contribution in [1.29, 1.82) is 0 Å². The van der Waals surface area contributed by atoms with E-state index >= 15 is 0 Å². The summed E-state index contributed by atoms with van der Waals surface area (Å²) in [5.74, 6) is -1.03. The number of ether oxygens (including phenoxy) is 2. The number of hydrogen-bond donors (Lipinski definition) is 4. The molecule has 7 heteroatoms. The summed E-state index contributed by atoms with van der Waals surface area (Å²) in [6.45, 7) is 1.59. The van der Waals surface area contributed by atoms with Crippen LogP contribution < -0.4 is 5.32 Å². The third-order valence-electron chi connectivity index (χ3n) is 2.81. The van der Waals surface area contributed by atoms with Gasteiger partial charge in [-0.25, -0.2) is 0 Å². The van der Waals surface area contributed by atoms with Gasteiger partial charge in [-0.1, -0.05) is 0 Å². The zero-order valence-corrected chi connectivity index (χ0v) is 9.87. The molecule has 100 valence electrons. The molecule has 0 radical (unpaired) electrons. The van der Waals surface area contributed by atoms with Crippen molar-refractivity contribution >= 4 is 5.97 Å². The summed E-state index contributed by atoms with van der Waals surface area (Å²) >= 11 is 0. The van der Waals surface area contributed by atoms with Crippen LogP contribution in [0.5, 0.6) is 0 Å². The van der Waals surface area contributed by atoms with Crippen LogP contribution in [0.15, 0.2) is 0 Å². The molecule has 0 saturated carbocycles. The predicted octanol–water partition coefficient (Wildman–Crippen LogP) is -1.82. The Hall–Kier alpha value is -0.730. The molecular weight excluding hydrogens is 230 g/mol. The average Bonchev–Trinajstić information content (AvgIpc) is 2.25. The van der Waals surface area contributed by atoms with Crippen LogP contribution in [0.2, 0.25) is 0 Å². The van der Waals surface area contributed by atoms with E-state index in [2.05, 4.69) is 5.32 Å². The standard InChI is InChI=1S/C10H19NO6/c1-5-8(11-3-7(12)13)10(15)9(14)6(17-5)4-16-2/h5-6,8-11,14-15H,3-4H2,1-2H3,(H,12,13). The second kappa shape index (κ2) is 6.27. The highest BCUT2D eigenvalue weighted by Crippen LogP contribution is 2.21. The normalized spacial score (nSPS) is 38.0. The number of aliphatic hydroxyl groups is 2. The van der Waals surface area contributed by atoms with Crippen LogP contribution in [0.25, 0.3) is 0 Å². The minimum absolute atomic E-state index is 0.175. The third kappa shape index (κ3) is 3.62. The first kappa shape index (κ1) is 14.3. The Bertz CT molecular complexity index is 261. The molecule has 0 bridgehead atoms. The molecule has 0 aromatic rings. The van der Waals surface area contributed by atoms with Crippen molar-refractivity contribution in [3.05, 3.63) is 0 Å². The lowest BCUT2D eigenvalue weighted by molar-refractivity contribution is -0.192. The predicted molar refractivity (Wildman–Crippen MR) is 57.7 cm³/mol. The number of carbonyl (C=O) groups is 1. The molecule has 7 nitrogen and oxygen atoms in total. The molecule has 0 aromatic heterocycles. The van der Waals surface area contributed by atoms with Crippen LogP contribution in [0, 0.1) is 0 Å². The van der Waals surface area contributed by atoms with Crippen LogP contribution in [0.1, 0.15) is 6.92 Å². The second-order valence-corrected chi connectivity index (χ2v) is 4.12. The smallest absolute Gasteiger partial charge is 0.317 e. The molecule has 0 aromatic carbocycles. The van der Waals surface area contributed by atoms with Gasteiger partial charge < -0.3 is 24.8 Å². The molecule has 1 aliphatic rings. The summed E-state index contributed by atoms with van der Waals surface area (Å²) < 4.78 is 10.3. The molecule has 4 N–H and O–H groups in total. The van der Waals surface area contributed by atoms with Crippen molar-refractivity contribution in [2.24, 2.45) is 0 Å². The van der Waals surface area contributed by atoms with Crippen molar-refractivity contribution in [2.75, 3.05) is 20.3 Å². The summed E-state index contributed by atoms with van der Waals surface area (Å²) in [6.07, 6.45) is -3.20. The van der Waals surface area contributed by atoms with Crippen LogP contribution in [-0.2, 0) is 14.3 Å². The quantitative estimate of drug-likeness (QED) is 0.454. The molecular formula is C10H19NO6. The highest BCUT2D eigenvalue weighted by Gasteiger charge is 2.42. The molecule has 1 aliphatic heterocycles. The summed E-state index contributed by atoms with van der Waals surface area (Å²) in [5, 5.41) is 30.8. The topological polar surface area (TPSA) is 108 Å². The Morgan fingerprint density at radius 2 is 2.06 bits per heavy atom. The van der Waals surface area contributed by atoms with Crippen molar-refractivity contribution < 1.29 is 29.6 Å². The number of nitrogens with one attached hydrogen (secondary N) is 1. The van der Waals surface area contributed by atoms with Crippen molar-refractivity contribution in [3.63, 3.8) is 0 Å². The number of hydrogen-bond acceptors (Lipinski definition) is 6. The first-order chi connectivity index (χ1) is 7.97. The van der Waals surface area contributed by atoms with Gasteiger partial charge in [-0.05, 0) is 6.92 Å². The second-order valence-electron chi connectivity index (χ2n) is 4.12. The van der Waals surface area contributed by atoms with Crippen molar-refractivity contribution in [3.8, 4) is 0 Å². The molecule has 5 unspecified atom stereocenters. The number of rotatable bonds is 5. The Morgan fingerprint density at radius 3 is 2.59 bits per heavy atom. The van der Waals surface area contributed by atoms with Crippen LogP contribution in [-0.4, -0.2) is 72.0 Å². The maximum absolute atomic E-state index is 10.4. The molecule has 1 heterocycles. The number of carboxylic acids is 1. The molecule has 17 heavy (non-hydrogen) atoms. The Balaban J connectivity index is 2.59. The Labute approximate surface area is 99.3 Å². The fourth-order valence-corrected chi connectivity index (χ4v) is 1.94. The maximum atomic E-state index is 10.4. The average molecular weight is 249 g/mol. The van der Waals surface area contributed by atoms with Gasteiger partial charge in [-0.15, -0.1) is 0 Å². The maximum Gasteiger partial charge on any atom is 0.317 e. The van der Waals surface area contributed by atoms with E-state index in [1.54, 1.807) is 6.92 Å². The van der Waals surface area contributed by atoms with E-state index in [1.807, 2.05) is 0 Å². The van der Waals surface area contributed by atoms with Gasteiger partial charge in [-0.3, -0.25) is 10.1 Å². The molecule has 1 rings (SSSR count). The zero-order valence-electron chi connectivity index (χ0n) is 9.87. The van der Waals surface area contributed by atoms with Gasteiger partial charge in [-0.2, -0.15) is 0 Å². The lowest BCUT2D eigenvalue weighted by Gasteiger charge is -2.41. The SMILES string of the molecule is COCC1OC(C)C(NCC(=O)O)C(O)C1O. The molecule has 0 spiro atoms. The van der Waals surface area contributed by atoms with E-state index in [4.69, 9.17) is 14.6 Å². The third-order valence-corrected chi connectivity index (χ3v) is 2.81. The monoisotopic (exact) mass is 249 g/mol. The fourth-order valence-electron chi connectivity index (χ4n) is 1.94. The molecule has 1 saturated heterocycles. The number of aliphatic hydroxyl groups excluding tert-OH is 2. The van der Waals surface area contributed by atoms with E-state index in [-0.39, 0.29) is 13.2 Å². The van der Waals surface area contributed by atoms with Crippen LogP contribution in [0.3, 0.4) is 0 Å². The van der Waals surface area contributed by atoms with E-state index in [1.165, 1.54) is 7.11 Å². The van der Waals surface area contributed by atoms with Gasteiger partial charge in [0, 0.05) is 7.11 Å². The van der Waals surface area contributed by atoms with Gasteiger partial charge >= 0.3 is 5.97 Å². The fraction of sp³-hybridized carbons (Fsp3) is 0.900. The lowest BCUT2D eigenvalue weighted by Crippen LogP contribution is -2.63. The van der Waals surface area contributed by atoms with Crippen molar-refractivity contribution in [2.45, 2.75) is 37.4 Å². The first-order valence-corrected chi connectivity index (χ1v) is 5.43. The van der Waals surface area contributed by atoms with E-state index in [9.17, 15) is 15.0 Å². The van der Waals surface area contributed by atoms with Gasteiger partial charge in [0.1, 0.15) is 18.3 Å². The minimum Gasteiger partial charge on any atom is -0.480 e. The highest BCUT2D eigenvalue weighted by atomic mass is 16.5. The van der Waals surface area contributed by atoms with Gasteiger partial charge in [0.2, 0.25) is 0 Å².